The van der Waals surface area contributed by atoms with Crippen molar-refractivity contribution in [2.45, 2.75) is 24.9 Å². The van der Waals surface area contributed by atoms with E-state index in [1.165, 1.54) is 6.07 Å². The van der Waals surface area contributed by atoms with Gasteiger partial charge in [0, 0.05) is 0 Å². The van der Waals surface area contributed by atoms with Crippen LogP contribution in [-0.4, -0.2) is 41.4 Å². The van der Waals surface area contributed by atoms with Gasteiger partial charge >= 0.3 is 5.97 Å². The molecule has 0 aromatic carbocycles. The third-order valence-corrected chi connectivity index (χ3v) is 3.46. The summed E-state index contributed by atoms with van der Waals surface area (Å²) in [5.41, 5.74) is 0.105. The Hall–Kier alpha value is -1.62. The number of aromatic nitrogens is 1. The van der Waals surface area contributed by atoms with E-state index < -0.39 is 5.97 Å². The fourth-order valence-electron chi connectivity index (χ4n) is 2.69. The van der Waals surface area contributed by atoms with Crippen molar-refractivity contribution < 1.29 is 14.6 Å². The van der Waals surface area contributed by atoms with Gasteiger partial charge in [0.15, 0.2) is 5.69 Å². The van der Waals surface area contributed by atoms with Gasteiger partial charge in [0.05, 0.1) is 25.3 Å². The number of pyridine rings is 1. The van der Waals surface area contributed by atoms with Crippen LogP contribution in [0.4, 0.5) is 5.82 Å². The highest BCUT2D eigenvalue weighted by Gasteiger charge is 2.38. The molecular formula is C12H14N2O3. The average Bonchev–Trinajstić information content (AvgIpc) is 2.59. The van der Waals surface area contributed by atoms with Gasteiger partial charge in [0.1, 0.15) is 5.82 Å². The van der Waals surface area contributed by atoms with Crippen LogP contribution in [-0.2, 0) is 4.74 Å². The van der Waals surface area contributed by atoms with Crippen molar-refractivity contribution in [3.05, 3.63) is 23.9 Å². The van der Waals surface area contributed by atoms with Gasteiger partial charge in [0.25, 0.3) is 0 Å². The second kappa shape index (κ2) is 4.00. The van der Waals surface area contributed by atoms with E-state index >= 15 is 0 Å². The maximum absolute atomic E-state index is 10.9. The molecule has 5 nitrogen and oxygen atoms in total. The number of carboxylic acid groups (broad SMARTS) is 1. The molecule has 2 fully saturated rings. The Morgan fingerprint density at radius 2 is 2.06 bits per heavy atom. The number of carboxylic acids is 1. The largest absolute Gasteiger partial charge is 0.477 e. The Kier molecular flexibility index (Phi) is 2.48. The molecule has 2 unspecified atom stereocenters. The molecular weight excluding hydrogens is 220 g/mol. The number of morpholine rings is 1. The van der Waals surface area contributed by atoms with Crippen LogP contribution in [0.1, 0.15) is 23.3 Å². The molecule has 2 saturated heterocycles. The van der Waals surface area contributed by atoms with Crippen LogP contribution in [0, 0.1) is 0 Å². The number of rotatable bonds is 2. The van der Waals surface area contributed by atoms with Gasteiger partial charge in [-0.3, -0.25) is 0 Å². The Morgan fingerprint density at radius 3 is 2.71 bits per heavy atom. The summed E-state index contributed by atoms with van der Waals surface area (Å²) in [6.45, 7) is 1.44. The SMILES string of the molecule is O=C(O)c1cccc(N2C3CCC2COC3)n1. The monoisotopic (exact) mass is 234 g/mol. The summed E-state index contributed by atoms with van der Waals surface area (Å²) in [4.78, 5) is 17.3. The number of aromatic carboxylic acids is 1. The first-order valence-corrected chi connectivity index (χ1v) is 5.82. The summed E-state index contributed by atoms with van der Waals surface area (Å²) >= 11 is 0. The highest BCUT2D eigenvalue weighted by Crippen LogP contribution is 2.32. The van der Waals surface area contributed by atoms with Gasteiger partial charge in [-0.1, -0.05) is 6.07 Å². The molecule has 0 radical (unpaired) electrons. The zero-order valence-corrected chi connectivity index (χ0v) is 9.37. The Balaban J connectivity index is 1.93. The number of hydrogen-bond acceptors (Lipinski definition) is 4. The maximum atomic E-state index is 10.9. The lowest BCUT2D eigenvalue weighted by molar-refractivity contribution is 0.0690. The second-order valence-electron chi connectivity index (χ2n) is 4.52. The first-order valence-electron chi connectivity index (χ1n) is 5.82. The lowest BCUT2D eigenvalue weighted by atomic mass is 10.2. The van der Waals surface area contributed by atoms with Crippen molar-refractivity contribution in [2.75, 3.05) is 18.1 Å². The average molecular weight is 234 g/mol. The minimum Gasteiger partial charge on any atom is -0.477 e. The second-order valence-corrected chi connectivity index (χ2v) is 4.52. The zero-order valence-electron chi connectivity index (χ0n) is 9.37. The normalized spacial score (nSPS) is 27.2. The maximum Gasteiger partial charge on any atom is 0.354 e. The number of nitrogens with zero attached hydrogens (tertiary/aromatic N) is 2. The molecule has 2 aliphatic heterocycles. The van der Waals surface area contributed by atoms with Crippen LogP contribution in [0.3, 0.4) is 0 Å². The van der Waals surface area contributed by atoms with E-state index in [0.29, 0.717) is 12.1 Å². The smallest absolute Gasteiger partial charge is 0.354 e. The minimum atomic E-state index is -0.979. The molecule has 1 aromatic rings. The van der Waals surface area contributed by atoms with Crippen LogP contribution >= 0.6 is 0 Å². The molecule has 0 aliphatic carbocycles. The molecule has 90 valence electrons. The highest BCUT2D eigenvalue weighted by molar-refractivity contribution is 5.85. The van der Waals surface area contributed by atoms with Crippen molar-refractivity contribution >= 4 is 11.8 Å². The molecule has 17 heavy (non-hydrogen) atoms. The van der Waals surface area contributed by atoms with E-state index in [4.69, 9.17) is 9.84 Å². The fourth-order valence-corrected chi connectivity index (χ4v) is 2.69. The quantitative estimate of drug-likeness (QED) is 0.831. The summed E-state index contributed by atoms with van der Waals surface area (Å²) < 4.78 is 5.50. The van der Waals surface area contributed by atoms with E-state index in [0.717, 1.165) is 31.9 Å². The molecule has 1 N–H and O–H groups in total. The molecule has 2 atom stereocenters. The summed E-state index contributed by atoms with van der Waals surface area (Å²) in [5, 5.41) is 8.95. The zero-order chi connectivity index (χ0) is 11.8. The summed E-state index contributed by atoms with van der Waals surface area (Å²) in [7, 11) is 0. The highest BCUT2D eigenvalue weighted by atomic mass is 16.5. The molecule has 0 amide bonds. The lowest BCUT2D eigenvalue weighted by Gasteiger charge is -2.35. The number of carbonyl (C=O) groups is 1. The van der Waals surface area contributed by atoms with Crippen LogP contribution in [0.5, 0.6) is 0 Å². The molecule has 3 rings (SSSR count). The Labute approximate surface area is 99.0 Å². The van der Waals surface area contributed by atoms with Gasteiger partial charge in [-0.05, 0) is 25.0 Å². The van der Waals surface area contributed by atoms with Gasteiger partial charge in [0.2, 0.25) is 0 Å². The molecule has 0 spiro atoms. The van der Waals surface area contributed by atoms with Crippen LogP contribution in [0.15, 0.2) is 18.2 Å². The Morgan fingerprint density at radius 1 is 1.35 bits per heavy atom. The molecule has 3 heterocycles. The molecule has 1 aromatic heterocycles. The van der Waals surface area contributed by atoms with Crippen molar-refractivity contribution in [3.8, 4) is 0 Å². The van der Waals surface area contributed by atoms with E-state index in [2.05, 4.69) is 9.88 Å². The summed E-state index contributed by atoms with van der Waals surface area (Å²) in [6.07, 6.45) is 2.20. The molecule has 5 heteroatoms. The molecule has 2 bridgehead atoms. The van der Waals surface area contributed by atoms with E-state index in [1.54, 1.807) is 6.07 Å². The van der Waals surface area contributed by atoms with E-state index in [1.807, 2.05) is 6.07 Å². The van der Waals surface area contributed by atoms with Gasteiger partial charge in [-0.25, -0.2) is 9.78 Å². The van der Waals surface area contributed by atoms with Crippen molar-refractivity contribution in [1.82, 2.24) is 4.98 Å². The van der Waals surface area contributed by atoms with Gasteiger partial charge in [-0.15, -0.1) is 0 Å². The Bertz CT molecular complexity index is 433. The summed E-state index contributed by atoms with van der Waals surface area (Å²) in [5.74, 6) is -0.215. The van der Waals surface area contributed by atoms with Crippen molar-refractivity contribution in [3.63, 3.8) is 0 Å². The van der Waals surface area contributed by atoms with Crippen LogP contribution in [0.25, 0.3) is 0 Å². The van der Waals surface area contributed by atoms with Crippen LogP contribution in [0.2, 0.25) is 0 Å². The standard InChI is InChI=1S/C12H14N2O3/c15-12(16)10-2-1-3-11(13-10)14-8-4-5-9(14)7-17-6-8/h1-3,8-9H,4-7H2,(H,15,16). The predicted octanol–water partition coefficient (Wildman–Crippen LogP) is 1.15. The molecule has 0 saturated carbocycles. The lowest BCUT2D eigenvalue weighted by Crippen LogP contribution is -2.46. The number of hydrogen-bond donors (Lipinski definition) is 1. The van der Waals surface area contributed by atoms with Crippen molar-refractivity contribution in [2.24, 2.45) is 0 Å². The van der Waals surface area contributed by atoms with Crippen LogP contribution < -0.4 is 4.90 Å². The third-order valence-electron chi connectivity index (χ3n) is 3.46. The number of anilines is 1. The summed E-state index contributed by atoms with van der Waals surface area (Å²) in [6, 6.07) is 5.85. The first-order chi connectivity index (χ1) is 8.25. The predicted molar refractivity (Wildman–Crippen MR) is 61.3 cm³/mol. The van der Waals surface area contributed by atoms with E-state index in [9.17, 15) is 4.79 Å². The topological polar surface area (TPSA) is 62.7 Å². The number of ether oxygens (including phenoxy) is 1. The van der Waals surface area contributed by atoms with E-state index in [-0.39, 0.29) is 5.69 Å². The minimum absolute atomic E-state index is 0.105. The first kappa shape index (κ1) is 10.5. The van der Waals surface area contributed by atoms with Crippen molar-refractivity contribution in [1.29, 1.82) is 0 Å². The van der Waals surface area contributed by atoms with Gasteiger partial charge < -0.3 is 14.7 Å². The third kappa shape index (κ3) is 1.76. The van der Waals surface area contributed by atoms with Gasteiger partial charge in [-0.2, -0.15) is 0 Å². The number of fused-ring (bicyclic) bond motifs is 2. The molecule has 2 aliphatic rings. The fraction of sp³-hybridized carbons (Fsp3) is 0.500.